The Kier molecular flexibility index (Phi) is 12.9. The van der Waals surface area contributed by atoms with E-state index in [0.29, 0.717) is 4.90 Å². The number of carbonyl (C=O) groups excluding carboxylic acids is 1. The van der Waals surface area contributed by atoms with Gasteiger partial charge in [0.25, 0.3) is 13.9 Å². The van der Waals surface area contributed by atoms with E-state index >= 15 is 0 Å². The first kappa shape index (κ1) is 36.2. The molecule has 10 nitrogen and oxygen atoms in total. The molecule has 2 aromatic rings. The third-order valence-corrected chi connectivity index (χ3v) is 8.90. The Bertz CT molecular complexity index is 1340. The fraction of sp³-hybridized carbons (Fsp3) is 0.481. The van der Waals surface area contributed by atoms with Crippen LogP contribution in [0.15, 0.2) is 64.4 Å². The van der Waals surface area contributed by atoms with Crippen LogP contribution in [0, 0.1) is 12.3 Å². The SMILES string of the molecule is CC(=O)O[C@H]1[C@H](OSC(C)(C)C)[C@@H](OSc2ccccc2)[C@@H](OC(=N)C(Cl)(Cl)Cl)O[C@@H]1COS(=O)(=O)c1ccc(C)cc1. The Morgan fingerprint density at radius 3 is 2.14 bits per heavy atom. The van der Waals surface area contributed by atoms with Gasteiger partial charge in [0, 0.05) is 28.6 Å². The average molecular weight is 717 g/mol. The van der Waals surface area contributed by atoms with Gasteiger partial charge >= 0.3 is 5.97 Å². The Hall–Kier alpha value is -1.26. The number of ether oxygens (including phenoxy) is 3. The second kappa shape index (κ2) is 15.4. The number of aryl methyl sites for hydroxylation is 1. The second-order valence-corrected chi connectivity index (χ2v) is 16.6. The zero-order valence-electron chi connectivity index (χ0n) is 23.8. The van der Waals surface area contributed by atoms with Crippen LogP contribution in [-0.4, -0.2) is 66.1 Å². The van der Waals surface area contributed by atoms with Crippen molar-refractivity contribution in [3.63, 3.8) is 0 Å². The monoisotopic (exact) mass is 715 g/mol. The molecule has 0 saturated carbocycles. The summed E-state index contributed by atoms with van der Waals surface area (Å²) in [4.78, 5) is 12.9. The number of benzene rings is 2. The maximum absolute atomic E-state index is 13.0. The maximum Gasteiger partial charge on any atom is 0.303 e. The highest BCUT2D eigenvalue weighted by Crippen LogP contribution is 2.39. The molecule has 0 radical (unpaired) electrons. The lowest BCUT2D eigenvalue weighted by molar-refractivity contribution is -0.270. The summed E-state index contributed by atoms with van der Waals surface area (Å²) in [5, 5.41) is 8.17. The van der Waals surface area contributed by atoms with E-state index in [1.807, 2.05) is 45.9 Å². The maximum atomic E-state index is 13.0. The lowest BCUT2D eigenvalue weighted by Gasteiger charge is -2.44. The number of nitrogens with one attached hydrogen (secondary N) is 1. The summed E-state index contributed by atoms with van der Waals surface area (Å²) in [5.41, 5.74) is 0.858. The van der Waals surface area contributed by atoms with E-state index in [9.17, 15) is 13.2 Å². The molecule has 5 atom stereocenters. The molecule has 0 aromatic heterocycles. The molecule has 0 amide bonds. The summed E-state index contributed by atoms with van der Waals surface area (Å²) >= 11 is 19.7. The summed E-state index contributed by atoms with van der Waals surface area (Å²) in [5.74, 6) is -1.49. The van der Waals surface area contributed by atoms with Crippen molar-refractivity contribution in [2.45, 2.75) is 83.7 Å². The lowest BCUT2D eigenvalue weighted by atomic mass is 9.99. The van der Waals surface area contributed by atoms with Gasteiger partial charge in [-0.3, -0.25) is 18.6 Å². The van der Waals surface area contributed by atoms with E-state index in [2.05, 4.69) is 0 Å². The molecule has 238 valence electrons. The van der Waals surface area contributed by atoms with Crippen molar-refractivity contribution in [1.29, 1.82) is 5.41 Å². The smallest absolute Gasteiger partial charge is 0.303 e. The molecule has 3 rings (SSSR count). The standard InChI is InChI=1S/C27H32Cl3NO9S3/c1-16-11-13-19(14-12-16)43(33,34)35-15-20-21(36-17(2)32)22(40-42-26(3,4)5)23(39-41-18-9-7-6-8-10-18)24(37-20)38-25(31)27(28,29)30/h6-14,20-24,31H,15H2,1-5H3/t20-,21-,22+,23-,24-/m1/s1. The number of halogens is 3. The molecule has 2 aromatic carbocycles. The van der Waals surface area contributed by atoms with Crippen molar-refractivity contribution in [3.05, 3.63) is 60.2 Å². The first-order chi connectivity index (χ1) is 20.0. The van der Waals surface area contributed by atoms with Crippen LogP contribution in [0.3, 0.4) is 0 Å². The largest absolute Gasteiger partial charge is 0.457 e. The van der Waals surface area contributed by atoms with Crippen molar-refractivity contribution >= 4 is 80.9 Å². The van der Waals surface area contributed by atoms with Crippen molar-refractivity contribution < 1.29 is 40.0 Å². The molecule has 1 saturated heterocycles. The number of alkyl halides is 3. The molecule has 0 spiro atoms. The van der Waals surface area contributed by atoms with Crippen molar-refractivity contribution in [1.82, 2.24) is 0 Å². The van der Waals surface area contributed by atoms with Gasteiger partial charge in [-0.15, -0.1) is 0 Å². The molecular formula is C27H32Cl3NO9S3. The molecule has 1 fully saturated rings. The van der Waals surface area contributed by atoms with Gasteiger partial charge in [0.15, 0.2) is 12.2 Å². The highest BCUT2D eigenvalue weighted by molar-refractivity contribution is 7.96. The quantitative estimate of drug-likeness (QED) is 0.0670. The Balaban J connectivity index is 2.00. The second-order valence-electron chi connectivity index (χ2n) is 10.3. The van der Waals surface area contributed by atoms with Crippen LogP contribution in [0.5, 0.6) is 0 Å². The van der Waals surface area contributed by atoms with Crippen molar-refractivity contribution in [2.75, 3.05) is 6.61 Å². The van der Waals surface area contributed by atoms with Crippen LogP contribution in [0.25, 0.3) is 0 Å². The molecule has 1 heterocycles. The lowest BCUT2D eigenvalue weighted by Crippen LogP contribution is -2.62. The topological polar surface area (TPSA) is 130 Å². The molecule has 0 bridgehead atoms. The molecule has 16 heteroatoms. The first-order valence-electron chi connectivity index (χ1n) is 12.8. The molecule has 1 aliphatic heterocycles. The molecular weight excluding hydrogens is 685 g/mol. The van der Waals surface area contributed by atoms with Gasteiger partial charge in [-0.1, -0.05) is 70.7 Å². The van der Waals surface area contributed by atoms with E-state index in [-0.39, 0.29) is 4.90 Å². The minimum absolute atomic E-state index is 0.0831. The van der Waals surface area contributed by atoms with E-state index in [0.717, 1.165) is 29.6 Å². The normalized spacial score (nSPS) is 23.0. The zero-order valence-corrected chi connectivity index (χ0v) is 28.5. The van der Waals surface area contributed by atoms with Crippen LogP contribution >= 0.6 is 58.9 Å². The van der Waals surface area contributed by atoms with Gasteiger partial charge in [-0.05, 0) is 64.0 Å². The van der Waals surface area contributed by atoms with Crippen molar-refractivity contribution in [3.8, 4) is 0 Å². The third kappa shape index (κ3) is 11.2. The van der Waals surface area contributed by atoms with Gasteiger partial charge in [-0.2, -0.15) is 8.42 Å². The molecule has 1 N–H and O–H groups in total. The van der Waals surface area contributed by atoms with E-state index in [4.69, 9.17) is 67.0 Å². The number of hydrogen-bond donors (Lipinski definition) is 1. The molecule has 1 aliphatic rings. The minimum atomic E-state index is -4.25. The summed E-state index contributed by atoms with van der Waals surface area (Å²) in [6, 6.07) is 15.1. The fourth-order valence-corrected chi connectivity index (χ4v) is 5.92. The van der Waals surface area contributed by atoms with Crippen LogP contribution in [0.2, 0.25) is 0 Å². The predicted octanol–water partition coefficient (Wildman–Crippen LogP) is 6.65. The summed E-state index contributed by atoms with van der Waals surface area (Å²) in [7, 11) is -4.25. The highest BCUT2D eigenvalue weighted by atomic mass is 35.6. The Labute approximate surface area is 275 Å². The van der Waals surface area contributed by atoms with E-state index in [1.165, 1.54) is 19.1 Å². The number of carbonyl (C=O) groups is 1. The average Bonchev–Trinajstić information content (AvgIpc) is 2.90. The number of rotatable bonds is 11. The Morgan fingerprint density at radius 2 is 1.58 bits per heavy atom. The van der Waals surface area contributed by atoms with Gasteiger partial charge in [0.1, 0.15) is 12.2 Å². The third-order valence-electron chi connectivity index (χ3n) is 5.49. The van der Waals surface area contributed by atoms with Crippen molar-refractivity contribution in [2.24, 2.45) is 0 Å². The van der Waals surface area contributed by atoms with Crippen LogP contribution in [0.1, 0.15) is 33.3 Å². The predicted molar refractivity (Wildman–Crippen MR) is 167 cm³/mol. The summed E-state index contributed by atoms with van der Waals surface area (Å²) < 4.78 is 58.2. The van der Waals surface area contributed by atoms with Gasteiger partial charge < -0.3 is 18.4 Å². The van der Waals surface area contributed by atoms with Gasteiger partial charge in [0.05, 0.1) is 11.5 Å². The fourth-order valence-electron chi connectivity index (χ4n) is 3.55. The van der Waals surface area contributed by atoms with Gasteiger partial charge in [0.2, 0.25) is 12.2 Å². The van der Waals surface area contributed by atoms with Crippen LogP contribution in [-0.2, 0) is 41.7 Å². The highest BCUT2D eigenvalue weighted by Gasteiger charge is 2.53. The molecule has 43 heavy (non-hydrogen) atoms. The van der Waals surface area contributed by atoms with Crippen LogP contribution < -0.4 is 0 Å². The van der Waals surface area contributed by atoms with E-state index < -0.39 is 67.8 Å². The Morgan fingerprint density at radius 1 is 0.953 bits per heavy atom. The minimum Gasteiger partial charge on any atom is -0.457 e. The summed E-state index contributed by atoms with van der Waals surface area (Å²) in [6.07, 6.45) is -6.36. The summed E-state index contributed by atoms with van der Waals surface area (Å²) in [6.45, 7) is 8.07. The number of esters is 1. The zero-order chi connectivity index (χ0) is 32.0. The van der Waals surface area contributed by atoms with E-state index in [1.54, 1.807) is 24.3 Å². The molecule has 0 aliphatic carbocycles. The van der Waals surface area contributed by atoms with Crippen LogP contribution in [0.4, 0.5) is 0 Å². The van der Waals surface area contributed by atoms with Gasteiger partial charge in [-0.25, -0.2) is 0 Å². The first-order valence-corrected chi connectivity index (χ1v) is 16.8. The molecule has 0 unspecified atom stereocenters. The number of hydrogen-bond acceptors (Lipinski definition) is 12.